The number of aromatic nitrogens is 2. The number of pyridine rings is 2. The smallest absolute Gasteiger partial charge is 0.547 e. The van der Waals surface area contributed by atoms with Gasteiger partial charge in [0.05, 0.1) is 23.1 Å². The molecule has 11 nitrogen and oxygen atoms in total. The van der Waals surface area contributed by atoms with Gasteiger partial charge in [0.25, 0.3) is 0 Å². The number of alkyl halides is 4. The number of hydrogen-bond donors (Lipinski definition) is 2. The average molecular weight is 583 g/mol. The molecule has 0 fully saturated rings. The Bertz CT molecular complexity index is 736. The number of carboxylic acid groups (broad SMARTS) is 2. The zero-order valence-electron chi connectivity index (χ0n) is 15.7. The van der Waals surface area contributed by atoms with Gasteiger partial charge in [-0.25, -0.2) is 0 Å². The Hall–Kier alpha value is -2.18. The van der Waals surface area contributed by atoms with E-state index in [1.165, 1.54) is 12.4 Å². The van der Waals surface area contributed by atoms with E-state index >= 15 is 0 Å². The first kappa shape index (κ1) is 37.2. The van der Waals surface area contributed by atoms with Gasteiger partial charge in [-0.15, -0.1) is 0 Å². The van der Waals surface area contributed by atoms with E-state index in [1.54, 1.807) is 36.7 Å². The predicted molar refractivity (Wildman–Crippen MR) is 111 cm³/mol. The molecule has 0 aliphatic carbocycles. The van der Waals surface area contributed by atoms with Gasteiger partial charge in [0, 0.05) is 24.8 Å². The number of nitrogens with two attached hydrogens (primary N) is 2. The van der Waals surface area contributed by atoms with E-state index in [-0.39, 0.29) is 22.5 Å². The molecule has 1 radical (unpaired) electrons. The van der Waals surface area contributed by atoms with Crippen molar-refractivity contribution in [3.8, 4) is 0 Å². The van der Waals surface area contributed by atoms with Crippen molar-refractivity contribution in [1.29, 1.82) is 0 Å². The van der Waals surface area contributed by atoms with Crippen LogP contribution in [0.3, 0.4) is 0 Å². The first-order chi connectivity index (χ1) is 13.9. The minimum atomic E-state index is -1.46. The standard InChI is InChI=1S/2C6H6N2O.2C2H2Cl2O2.Cu.H2O/c2*7-6(9)5-2-1-3-8-4-5;2*3-1(4)2(5)6;;/h2*1-4H,(H2,7,9);2*1H,(H,5,6);;1H2/q;;;;+2;/p-1. The van der Waals surface area contributed by atoms with E-state index in [4.69, 9.17) is 57.9 Å². The van der Waals surface area contributed by atoms with Crippen molar-refractivity contribution in [3.63, 3.8) is 0 Å². The third-order valence-electron chi connectivity index (χ3n) is 2.25. The second-order valence-electron chi connectivity index (χ2n) is 4.45. The quantitative estimate of drug-likeness (QED) is 0.245. The fourth-order valence-electron chi connectivity index (χ4n) is 1.02. The summed E-state index contributed by atoms with van der Waals surface area (Å²) >= 11 is 18.9. The SMILES string of the molecule is NC(=O)c1cccnc1.NC(=O)c1cccnc1.O=C([O-])C(Cl)Cl.O=C([O-])C(Cl)Cl.[Cu+2].[OH3+]. The van der Waals surface area contributed by atoms with Crippen molar-refractivity contribution in [2.75, 3.05) is 0 Å². The minimum Gasteiger partial charge on any atom is -0.547 e. The Morgan fingerprint density at radius 3 is 1.09 bits per heavy atom. The summed E-state index contributed by atoms with van der Waals surface area (Å²) in [5.41, 5.74) is 10.8. The van der Waals surface area contributed by atoms with Crippen LogP contribution in [0, 0.1) is 0 Å². The first-order valence-electron chi connectivity index (χ1n) is 7.27. The molecule has 0 aliphatic heterocycles. The number of hydrogen-bond acceptors (Lipinski definition) is 8. The van der Waals surface area contributed by atoms with Crippen molar-refractivity contribution in [2.24, 2.45) is 11.5 Å². The molecule has 2 amide bonds. The summed E-state index contributed by atoms with van der Waals surface area (Å²) < 4.78 is 0. The molecule has 16 heteroatoms. The average Bonchev–Trinajstić information content (AvgIpc) is 2.70. The molecule has 32 heavy (non-hydrogen) atoms. The van der Waals surface area contributed by atoms with E-state index in [1.807, 2.05) is 0 Å². The van der Waals surface area contributed by atoms with Crippen molar-refractivity contribution in [3.05, 3.63) is 60.2 Å². The number of primary amides is 2. The topological polar surface area (TPSA) is 225 Å². The third-order valence-corrected chi connectivity index (χ3v) is 2.96. The molecule has 2 heterocycles. The second-order valence-corrected chi connectivity index (χ2v) is 6.64. The maximum atomic E-state index is 10.4. The summed E-state index contributed by atoms with van der Waals surface area (Å²) in [6.07, 6.45) is 6.05. The summed E-state index contributed by atoms with van der Waals surface area (Å²) in [7, 11) is 0. The number of rotatable bonds is 4. The molecule has 2 aromatic rings. The van der Waals surface area contributed by atoms with Gasteiger partial charge in [0.2, 0.25) is 11.8 Å². The maximum absolute atomic E-state index is 10.4. The zero-order valence-corrected chi connectivity index (χ0v) is 19.6. The molecule has 0 atom stereocenters. The Morgan fingerprint density at radius 2 is 1.00 bits per heavy atom. The normalized spacial score (nSPS) is 8.44. The molecular formula is C16H17Cl4CuN4O7+. The molecule has 2 aromatic heterocycles. The summed E-state index contributed by atoms with van der Waals surface area (Å²) in [5.74, 6) is -3.80. The molecule has 0 spiro atoms. The zero-order chi connectivity index (χ0) is 23.7. The molecular weight excluding hydrogens is 566 g/mol. The van der Waals surface area contributed by atoms with Crippen LogP contribution < -0.4 is 21.7 Å². The van der Waals surface area contributed by atoms with E-state index in [2.05, 4.69) is 9.97 Å². The number of carbonyl (C=O) groups is 4. The van der Waals surface area contributed by atoms with Crippen molar-refractivity contribution in [2.45, 2.75) is 9.67 Å². The van der Waals surface area contributed by atoms with E-state index < -0.39 is 33.4 Å². The Kier molecular flexibility index (Phi) is 25.6. The number of nitrogens with zero attached hydrogens (tertiary/aromatic N) is 2. The molecule has 0 unspecified atom stereocenters. The number of carboxylic acids is 2. The van der Waals surface area contributed by atoms with Gasteiger partial charge in [-0.1, -0.05) is 46.4 Å². The van der Waals surface area contributed by atoms with Crippen LogP contribution in [0.15, 0.2) is 49.1 Å². The first-order valence-corrected chi connectivity index (χ1v) is 9.02. The van der Waals surface area contributed by atoms with Gasteiger partial charge in [0.1, 0.15) is 9.67 Å². The summed E-state index contributed by atoms with van der Waals surface area (Å²) in [5, 5.41) is 18.6. The third kappa shape index (κ3) is 22.5. The maximum Gasteiger partial charge on any atom is 2.00 e. The van der Waals surface area contributed by atoms with Gasteiger partial charge in [-0.3, -0.25) is 19.6 Å². The van der Waals surface area contributed by atoms with Gasteiger partial charge in [-0.05, 0) is 24.3 Å². The van der Waals surface area contributed by atoms with Crippen LogP contribution >= 0.6 is 46.4 Å². The van der Waals surface area contributed by atoms with Crippen LogP contribution in [0.4, 0.5) is 0 Å². The van der Waals surface area contributed by atoms with Crippen molar-refractivity contribution in [1.82, 2.24) is 9.97 Å². The molecule has 0 saturated carbocycles. The molecule has 181 valence electrons. The minimum absolute atomic E-state index is 0. The number of halogens is 4. The van der Waals surface area contributed by atoms with E-state index in [0.717, 1.165) is 0 Å². The van der Waals surface area contributed by atoms with Gasteiger partial charge in [-0.2, -0.15) is 0 Å². The fraction of sp³-hybridized carbons (Fsp3) is 0.125. The van der Waals surface area contributed by atoms with Crippen molar-refractivity contribution < 1.29 is 51.9 Å². The van der Waals surface area contributed by atoms with E-state index in [9.17, 15) is 29.4 Å². The van der Waals surface area contributed by atoms with E-state index in [0.29, 0.717) is 11.1 Å². The van der Waals surface area contributed by atoms with Crippen LogP contribution in [0.5, 0.6) is 0 Å². The number of aliphatic carboxylic acids is 2. The van der Waals surface area contributed by atoms with Gasteiger partial charge < -0.3 is 36.7 Å². The second kappa shape index (κ2) is 22.0. The Balaban J connectivity index is -0.000000163. The van der Waals surface area contributed by atoms with Crippen LogP contribution in [0.1, 0.15) is 20.7 Å². The van der Waals surface area contributed by atoms with Gasteiger partial charge in [0.15, 0.2) is 0 Å². The molecule has 7 N–H and O–H groups in total. The Morgan fingerprint density at radius 1 is 0.750 bits per heavy atom. The summed E-state index contributed by atoms with van der Waals surface area (Å²) in [6.45, 7) is 0. The summed E-state index contributed by atoms with van der Waals surface area (Å²) in [4.78, 5) is 44.0. The Labute approximate surface area is 212 Å². The van der Waals surface area contributed by atoms with Crippen LogP contribution in [-0.4, -0.2) is 43.4 Å². The molecule has 2 rings (SSSR count). The van der Waals surface area contributed by atoms with Crippen LogP contribution in [0.2, 0.25) is 0 Å². The monoisotopic (exact) mass is 580 g/mol. The molecule has 0 bridgehead atoms. The number of carbonyl (C=O) groups excluding carboxylic acids is 4. The van der Waals surface area contributed by atoms with Crippen LogP contribution in [0.25, 0.3) is 0 Å². The molecule has 0 saturated heterocycles. The van der Waals surface area contributed by atoms with Crippen molar-refractivity contribution >= 4 is 70.2 Å². The van der Waals surface area contributed by atoms with Crippen LogP contribution in [-0.2, 0) is 32.1 Å². The fourth-order valence-corrected chi connectivity index (χ4v) is 1.02. The van der Waals surface area contributed by atoms with Gasteiger partial charge >= 0.3 is 17.1 Å². The molecule has 0 aliphatic rings. The largest absolute Gasteiger partial charge is 2.00 e. The summed E-state index contributed by atoms with van der Waals surface area (Å²) in [6, 6.07) is 6.57. The predicted octanol–water partition coefficient (Wildman–Crippen LogP) is -1.48. The molecule has 0 aromatic carbocycles. The number of amides is 2.